The van der Waals surface area contributed by atoms with Crippen molar-refractivity contribution < 1.29 is 9.53 Å². The Morgan fingerprint density at radius 2 is 2.04 bits per heavy atom. The van der Waals surface area contributed by atoms with Crippen LogP contribution < -0.4 is 5.32 Å². The summed E-state index contributed by atoms with van der Waals surface area (Å²) in [5, 5.41) is 3.46. The number of benzene rings is 1. The first-order valence-electron chi connectivity index (χ1n) is 8.82. The maximum Gasteiger partial charge on any atom is 0.317 e. The fourth-order valence-corrected chi connectivity index (χ4v) is 3.19. The molecule has 0 radical (unpaired) electrons. The maximum absolute atomic E-state index is 12.2. The smallest absolute Gasteiger partial charge is 0.317 e. The molecule has 0 bridgehead atoms. The topological polar surface area (TPSA) is 54.5 Å². The average Bonchev–Trinajstić information content (AvgIpc) is 2.56. The zero-order valence-electron chi connectivity index (χ0n) is 15.3. The predicted molar refractivity (Wildman–Crippen MR) is 103 cm³/mol. The summed E-state index contributed by atoms with van der Waals surface area (Å²) in [6.45, 7) is 7.89. The summed E-state index contributed by atoms with van der Waals surface area (Å²) in [5.41, 5.74) is 4.33. The normalized spacial score (nSPS) is 14.4. The summed E-state index contributed by atoms with van der Waals surface area (Å²) in [6.07, 6.45) is 2.06. The van der Waals surface area contributed by atoms with E-state index in [1.54, 1.807) is 11.1 Å². The van der Waals surface area contributed by atoms with Gasteiger partial charge < -0.3 is 15.0 Å². The van der Waals surface area contributed by atoms with E-state index in [4.69, 9.17) is 16.3 Å². The monoisotopic (exact) mass is 373 g/mol. The minimum absolute atomic E-state index is 0.0435. The fraction of sp³-hybridized carbons (Fsp3) is 0.400. The molecule has 3 rings (SSSR count). The third-order valence-electron chi connectivity index (χ3n) is 4.43. The molecule has 5 nitrogen and oxygen atoms in total. The van der Waals surface area contributed by atoms with Gasteiger partial charge in [0, 0.05) is 12.7 Å². The van der Waals surface area contributed by atoms with Crippen molar-refractivity contribution >= 4 is 17.6 Å². The highest BCUT2D eigenvalue weighted by molar-refractivity contribution is 6.29. The number of nitrogens with one attached hydrogen (secondary N) is 1. The van der Waals surface area contributed by atoms with E-state index in [2.05, 4.69) is 16.4 Å². The van der Waals surface area contributed by atoms with Crippen molar-refractivity contribution in [2.45, 2.75) is 39.5 Å². The van der Waals surface area contributed by atoms with Crippen molar-refractivity contribution in [2.75, 3.05) is 13.1 Å². The summed E-state index contributed by atoms with van der Waals surface area (Å²) in [7, 11) is 0. The third kappa shape index (κ3) is 4.54. The Hall–Kier alpha value is -2.11. The number of carbonyl (C=O) groups excluding carboxylic acids is 1. The molecule has 1 fully saturated rings. The molecule has 1 aliphatic rings. The van der Waals surface area contributed by atoms with E-state index in [1.165, 1.54) is 0 Å². The first-order valence-corrected chi connectivity index (χ1v) is 9.20. The van der Waals surface area contributed by atoms with Crippen LogP contribution in [0.15, 0.2) is 36.5 Å². The Labute approximate surface area is 159 Å². The van der Waals surface area contributed by atoms with Crippen molar-refractivity contribution in [3.8, 4) is 11.1 Å². The molecule has 138 valence electrons. The second-order valence-corrected chi connectivity index (χ2v) is 7.27. The Kier molecular flexibility index (Phi) is 5.79. The summed E-state index contributed by atoms with van der Waals surface area (Å²) < 4.78 is 5.68. The van der Waals surface area contributed by atoms with Gasteiger partial charge in [-0.2, -0.15) is 0 Å². The van der Waals surface area contributed by atoms with Crippen LogP contribution in [0.1, 0.15) is 25.0 Å². The Bertz CT molecular complexity index is 788. The van der Waals surface area contributed by atoms with Crippen LogP contribution in [0.4, 0.5) is 4.79 Å². The standard InChI is InChI=1S/C20H24ClN3O2/c1-13(2)26-18-11-24(12-18)20(25)23-10-17-5-4-15(8-14(17)3)16-6-7-22-19(21)9-16/h4-9,13,18H,10-12H2,1-3H3,(H,23,25). The molecule has 1 N–H and O–H groups in total. The molecule has 1 saturated heterocycles. The zero-order chi connectivity index (χ0) is 18.7. The van der Waals surface area contributed by atoms with E-state index >= 15 is 0 Å². The minimum Gasteiger partial charge on any atom is -0.372 e. The van der Waals surface area contributed by atoms with Crippen LogP contribution in [0.25, 0.3) is 11.1 Å². The Morgan fingerprint density at radius 3 is 2.69 bits per heavy atom. The fourth-order valence-electron chi connectivity index (χ4n) is 3.01. The molecule has 0 atom stereocenters. The van der Waals surface area contributed by atoms with Gasteiger partial charge in [0.1, 0.15) is 5.15 Å². The molecule has 1 aromatic heterocycles. The van der Waals surface area contributed by atoms with Crippen molar-refractivity contribution in [2.24, 2.45) is 0 Å². The number of pyridine rings is 1. The highest BCUT2D eigenvalue weighted by atomic mass is 35.5. The number of hydrogen-bond acceptors (Lipinski definition) is 3. The van der Waals surface area contributed by atoms with E-state index in [1.807, 2.05) is 45.0 Å². The molecule has 0 unspecified atom stereocenters. The highest BCUT2D eigenvalue weighted by Crippen LogP contribution is 2.24. The molecule has 0 spiro atoms. The lowest BCUT2D eigenvalue weighted by atomic mass is 10.0. The molecular weight excluding hydrogens is 350 g/mol. The number of aryl methyl sites for hydroxylation is 1. The summed E-state index contributed by atoms with van der Waals surface area (Å²) in [4.78, 5) is 18.0. The van der Waals surface area contributed by atoms with Gasteiger partial charge in [-0.05, 0) is 55.2 Å². The van der Waals surface area contributed by atoms with Gasteiger partial charge in [0.25, 0.3) is 0 Å². The molecule has 2 heterocycles. The van der Waals surface area contributed by atoms with Crippen LogP contribution in [0.5, 0.6) is 0 Å². The largest absolute Gasteiger partial charge is 0.372 e. The first kappa shape index (κ1) is 18.7. The molecular formula is C20H24ClN3O2. The van der Waals surface area contributed by atoms with E-state index < -0.39 is 0 Å². The molecule has 0 aliphatic carbocycles. The van der Waals surface area contributed by atoms with E-state index in [-0.39, 0.29) is 18.2 Å². The molecule has 2 aromatic rings. The van der Waals surface area contributed by atoms with E-state index in [9.17, 15) is 4.79 Å². The molecule has 2 amide bonds. The summed E-state index contributed by atoms with van der Waals surface area (Å²) in [5.74, 6) is 0. The van der Waals surface area contributed by atoms with E-state index in [0.717, 1.165) is 22.3 Å². The zero-order valence-corrected chi connectivity index (χ0v) is 16.1. The first-order chi connectivity index (χ1) is 12.4. The number of likely N-dealkylation sites (tertiary alicyclic amines) is 1. The number of halogens is 1. The number of carbonyl (C=O) groups is 1. The number of nitrogens with zero attached hydrogens (tertiary/aromatic N) is 2. The number of ether oxygens (including phenoxy) is 1. The molecule has 1 aromatic carbocycles. The lowest BCUT2D eigenvalue weighted by Gasteiger charge is -2.39. The lowest BCUT2D eigenvalue weighted by molar-refractivity contribution is -0.0641. The van der Waals surface area contributed by atoms with Crippen molar-refractivity contribution in [3.63, 3.8) is 0 Å². The number of rotatable bonds is 5. The van der Waals surface area contributed by atoms with Gasteiger partial charge in [-0.15, -0.1) is 0 Å². The summed E-state index contributed by atoms with van der Waals surface area (Å²) >= 11 is 5.97. The van der Waals surface area contributed by atoms with Crippen LogP contribution in [0, 0.1) is 6.92 Å². The van der Waals surface area contributed by atoms with Gasteiger partial charge in [-0.1, -0.05) is 29.8 Å². The average molecular weight is 374 g/mol. The Balaban J connectivity index is 1.55. The molecule has 6 heteroatoms. The van der Waals surface area contributed by atoms with Gasteiger partial charge in [0.15, 0.2) is 0 Å². The van der Waals surface area contributed by atoms with Crippen LogP contribution >= 0.6 is 11.6 Å². The van der Waals surface area contributed by atoms with Gasteiger partial charge in [0.05, 0.1) is 25.3 Å². The predicted octanol–water partition coefficient (Wildman–Crippen LogP) is 4.03. The number of urea groups is 1. The van der Waals surface area contributed by atoms with Crippen LogP contribution in [-0.4, -0.2) is 41.2 Å². The SMILES string of the molecule is Cc1cc(-c2ccnc(Cl)c2)ccc1CNC(=O)N1CC(OC(C)C)C1. The van der Waals surface area contributed by atoms with Crippen molar-refractivity contribution in [3.05, 3.63) is 52.8 Å². The molecule has 0 saturated carbocycles. The minimum atomic E-state index is -0.0435. The van der Waals surface area contributed by atoms with Crippen LogP contribution in [0.3, 0.4) is 0 Å². The van der Waals surface area contributed by atoms with Crippen LogP contribution in [-0.2, 0) is 11.3 Å². The van der Waals surface area contributed by atoms with Gasteiger partial charge in [-0.3, -0.25) is 0 Å². The van der Waals surface area contributed by atoms with Crippen molar-refractivity contribution in [1.82, 2.24) is 15.2 Å². The third-order valence-corrected chi connectivity index (χ3v) is 4.64. The molecule has 26 heavy (non-hydrogen) atoms. The quantitative estimate of drug-likeness (QED) is 0.805. The number of amides is 2. The number of aromatic nitrogens is 1. The second kappa shape index (κ2) is 8.06. The lowest BCUT2D eigenvalue weighted by Crippen LogP contribution is -2.58. The Morgan fingerprint density at radius 1 is 1.31 bits per heavy atom. The second-order valence-electron chi connectivity index (χ2n) is 6.88. The van der Waals surface area contributed by atoms with Crippen LogP contribution in [0.2, 0.25) is 5.15 Å². The molecule has 1 aliphatic heterocycles. The summed E-state index contributed by atoms with van der Waals surface area (Å²) in [6, 6.07) is 9.91. The highest BCUT2D eigenvalue weighted by Gasteiger charge is 2.31. The van der Waals surface area contributed by atoms with Gasteiger partial charge in [0.2, 0.25) is 0 Å². The number of hydrogen-bond donors (Lipinski definition) is 1. The maximum atomic E-state index is 12.2. The van der Waals surface area contributed by atoms with Gasteiger partial charge >= 0.3 is 6.03 Å². The van der Waals surface area contributed by atoms with Crippen molar-refractivity contribution in [1.29, 1.82) is 0 Å². The van der Waals surface area contributed by atoms with Gasteiger partial charge in [-0.25, -0.2) is 9.78 Å². The van der Waals surface area contributed by atoms with E-state index in [0.29, 0.717) is 24.8 Å².